The molecule has 0 aromatic carbocycles. The van der Waals surface area contributed by atoms with Crippen LogP contribution in [0.3, 0.4) is 0 Å². The van der Waals surface area contributed by atoms with Crippen LogP contribution in [0, 0.1) is 0 Å². The number of nitrogens with one attached hydrogen (secondary N) is 1. The van der Waals surface area contributed by atoms with Crippen molar-refractivity contribution in [3.63, 3.8) is 0 Å². The molecule has 0 heterocycles. The molecule has 0 saturated carbocycles. The Kier molecular flexibility index (Phi) is 68.2. The Morgan fingerprint density at radius 2 is 0.697 bits per heavy atom. The highest BCUT2D eigenvalue weighted by atomic mass is 31.2. The second-order valence-corrected chi connectivity index (χ2v) is 28.7. The summed E-state index contributed by atoms with van der Waals surface area (Å²) in [5.74, 6) is -0.202. The maximum absolute atomic E-state index is 13.1. The number of carbonyl (C=O) groups is 1. The molecule has 0 bridgehead atoms. The van der Waals surface area contributed by atoms with Crippen LogP contribution >= 0.6 is 7.82 Å². The Hall–Kier alpha value is -2.32. The largest absolute Gasteiger partial charge is 0.756 e. The van der Waals surface area contributed by atoms with Crippen LogP contribution in [0.1, 0.15) is 367 Å². The molecule has 3 atom stereocenters. The summed E-state index contributed by atoms with van der Waals surface area (Å²) >= 11 is 0. The number of amides is 1. The molecule has 0 aromatic heterocycles. The Morgan fingerprint density at radius 3 is 1.04 bits per heavy atom. The molecular formula is C80H149N2O6P. The molecule has 0 spiro atoms. The number of aliphatic hydroxyl groups excluding tert-OH is 1. The normalized spacial score (nSPS) is 14.0. The summed E-state index contributed by atoms with van der Waals surface area (Å²) in [6.07, 6.45) is 100. The van der Waals surface area contributed by atoms with E-state index in [1.54, 1.807) is 6.08 Å². The number of phosphoric ester groups is 1. The lowest BCUT2D eigenvalue weighted by Gasteiger charge is -2.29. The molecule has 89 heavy (non-hydrogen) atoms. The first-order valence-corrected chi connectivity index (χ1v) is 39.9. The predicted octanol–water partition coefficient (Wildman–Crippen LogP) is 24.4. The third-order valence-corrected chi connectivity index (χ3v) is 18.3. The number of aliphatic hydroxyl groups is 1. The first-order valence-electron chi connectivity index (χ1n) is 38.4. The molecule has 0 fully saturated rings. The summed E-state index contributed by atoms with van der Waals surface area (Å²) in [7, 11) is 1.25. The van der Waals surface area contributed by atoms with E-state index in [0.717, 1.165) is 70.6 Å². The van der Waals surface area contributed by atoms with Crippen molar-refractivity contribution in [3.05, 3.63) is 85.1 Å². The molecule has 2 N–H and O–H groups in total. The number of hydrogen-bond donors (Lipinski definition) is 2. The lowest BCUT2D eigenvalue weighted by Crippen LogP contribution is -2.45. The van der Waals surface area contributed by atoms with E-state index >= 15 is 0 Å². The monoisotopic (exact) mass is 1270 g/mol. The fraction of sp³-hybridized carbons (Fsp3) is 0.812. The van der Waals surface area contributed by atoms with Gasteiger partial charge in [-0.1, -0.05) is 369 Å². The van der Waals surface area contributed by atoms with Gasteiger partial charge in [0.15, 0.2) is 0 Å². The van der Waals surface area contributed by atoms with Crippen molar-refractivity contribution >= 4 is 13.7 Å². The van der Waals surface area contributed by atoms with Gasteiger partial charge in [0.2, 0.25) is 5.91 Å². The molecular weight excluding hydrogens is 1120 g/mol. The topological polar surface area (TPSA) is 108 Å². The molecule has 0 aromatic rings. The van der Waals surface area contributed by atoms with E-state index in [9.17, 15) is 19.4 Å². The lowest BCUT2D eigenvalue weighted by atomic mass is 10.0. The van der Waals surface area contributed by atoms with E-state index in [0.29, 0.717) is 17.4 Å². The van der Waals surface area contributed by atoms with Crippen molar-refractivity contribution in [2.45, 2.75) is 379 Å². The second-order valence-electron chi connectivity index (χ2n) is 27.3. The number of carbonyl (C=O) groups excluding carboxylic acids is 1. The van der Waals surface area contributed by atoms with Crippen molar-refractivity contribution in [1.82, 2.24) is 5.32 Å². The number of rotatable bonds is 71. The van der Waals surface area contributed by atoms with Gasteiger partial charge in [-0.05, 0) is 77.0 Å². The molecule has 8 nitrogen and oxygen atoms in total. The predicted molar refractivity (Wildman–Crippen MR) is 390 cm³/mol. The Balaban J connectivity index is 4.01. The summed E-state index contributed by atoms with van der Waals surface area (Å²) in [4.78, 5) is 25.7. The first-order chi connectivity index (χ1) is 43.5. The number of hydrogen-bond acceptors (Lipinski definition) is 6. The SMILES string of the molecule is CC/C=C\C/C=C\C/C=C\C/C=C\C/C=C\CCCCCCCCCCCCCCCCCCCCCCCC(=O)NC(COP(=O)([O-])OCC[N+](C)(C)C)C(O)/C=C/CC/C=C/CCCCCCCCCCCCCCCCCCCCCCCCCC. The van der Waals surface area contributed by atoms with E-state index in [2.05, 4.69) is 92.1 Å². The van der Waals surface area contributed by atoms with Gasteiger partial charge < -0.3 is 28.8 Å². The number of nitrogens with zero attached hydrogens (tertiary/aromatic N) is 1. The minimum atomic E-state index is -4.62. The molecule has 9 heteroatoms. The number of phosphoric acid groups is 1. The average molecular weight is 1270 g/mol. The third-order valence-electron chi connectivity index (χ3n) is 17.3. The highest BCUT2D eigenvalue weighted by Gasteiger charge is 2.23. The van der Waals surface area contributed by atoms with Crippen LogP contribution in [-0.4, -0.2) is 68.5 Å². The summed E-state index contributed by atoms with van der Waals surface area (Å²) < 4.78 is 23.5. The zero-order valence-electron chi connectivity index (χ0n) is 59.6. The summed E-state index contributed by atoms with van der Waals surface area (Å²) in [5.41, 5.74) is 0. The fourth-order valence-electron chi connectivity index (χ4n) is 11.4. The van der Waals surface area contributed by atoms with Gasteiger partial charge in [0.25, 0.3) is 7.82 Å². The standard InChI is InChI=1S/C80H149N2O6P/c1-6-8-10-12-14-16-18-20-22-24-26-28-30-32-34-36-38-39-40-41-42-43-44-46-48-50-52-54-56-58-60-62-64-66-68-70-72-74-80(84)81-78(77-88-89(85,86)87-76-75-82(3,4)5)79(83)73-71-69-67-65-63-61-59-57-55-53-51-49-47-45-37-35-33-31-29-27-25-23-21-19-17-15-13-11-9-7-2/h8,10,14,16,20,22,26,28,32,34,63,65,71,73,78-79,83H,6-7,9,11-13,15,17-19,21,23-25,27,29-31,33,35-62,64,66-70,72,74-77H2,1-5H3,(H-,81,84,85,86)/b10-8-,16-14-,22-20-,28-26-,34-32-,65-63+,73-71+. The van der Waals surface area contributed by atoms with Crippen LogP contribution in [0.5, 0.6) is 0 Å². The highest BCUT2D eigenvalue weighted by molar-refractivity contribution is 7.45. The van der Waals surface area contributed by atoms with Gasteiger partial charge in [-0.15, -0.1) is 0 Å². The van der Waals surface area contributed by atoms with Crippen LogP contribution in [-0.2, 0) is 18.4 Å². The van der Waals surface area contributed by atoms with E-state index < -0.39 is 26.6 Å². The van der Waals surface area contributed by atoms with Crippen LogP contribution < -0.4 is 10.2 Å². The summed E-state index contributed by atoms with van der Waals surface area (Å²) in [6.45, 7) is 4.56. The molecule has 0 aliphatic heterocycles. The van der Waals surface area contributed by atoms with Gasteiger partial charge in [0.1, 0.15) is 13.2 Å². The van der Waals surface area contributed by atoms with Gasteiger partial charge in [-0.2, -0.15) is 0 Å². The van der Waals surface area contributed by atoms with Crippen molar-refractivity contribution in [1.29, 1.82) is 0 Å². The summed E-state index contributed by atoms with van der Waals surface area (Å²) in [6, 6.07) is -0.907. The van der Waals surface area contributed by atoms with Crippen molar-refractivity contribution in [2.75, 3.05) is 40.9 Å². The van der Waals surface area contributed by atoms with Crippen LogP contribution in [0.25, 0.3) is 0 Å². The fourth-order valence-corrected chi connectivity index (χ4v) is 12.2. The van der Waals surface area contributed by atoms with Crippen molar-refractivity contribution in [3.8, 4) is 0 Å². The van der Waals surface area contributed by atoms with Gasteiger partial charge in [-0.25, -0.2) is 0 Å². The second kappa shape index (κ2) is 70.0. The first kappa shape index (κ1) is 86.7. The Morgan fingerprint density at radius 1 is 0.404 bits per heavy atom. The van der Waals surface area contributed by atoms with E-state index in [1.807, 2.05) is 27.2 Å². The molecule has 0 radical (unpaired) electrons. The lowest BCUT2D eigenvalue weighted by molar-refractivity contribution is -0.870. The van der Waals surface area contributed by atoms with Crippen molar-refractivity contribution < 1.29 is 32.9 Å². The van der Waals surface area contributed by atoms with Gasteiger partial charge >= 0.3 is 0 Å². The molecule has 0 rings (SSSR count). The molecule has 0 saturated heterocycles. The zero-order chi connectivity index (χ0) is 64.8. The van der Waals surface area contributed by atoms with Gasteiger partial charge in [0.05, 0.1) is 39.9 Å². The van der Waals surface area contributed by atoms with E-state index in [4.69, 9.17) is 9.05 Å². The average Bonchev–Trinajstić information content (AvgIpc) is 3.57. The number of allylic oxidation sites excluding steroid dienone is 13. The minimum absolute atomic E-state index is 0.00676. The molecule has 520 valence electrons. The Bertz CT molecular complexity index is 1730. The third kappa shape index (κ3) is 73.0. The van der Waals surface area contributed by atoms with Crippen LogP contribution in [0.4, 0.5) is 0 Å². The quantitative estimate of drug-likeness (QED) is 0.0272. The molecule has 0 aliphatic rings. The number of unbranched alkanes of at least 4 members (excludes halogenated alkanes) is 46. The number of likely N-dealkylation sites (N-methyl/N-ethyl adjacent to an activating group) is 1. The molecule has 0 aliphatic carbocycles. The van der Waals surface area contributed by atoms with E-state index in [1.165, 1.54) is 276 Å². The zero-order valence-corrected chi connectivity index (χ0v) is 60.5. The Labute approximate surface area is 554 Å². The smallest absolute Gasteiger partial charge is 0.268 e. The van der Waals surface area contributed by atoms with Crippen molar-refractivity contribution in [2.24, 2.45) is 0 Å². The van der Waals surface area contributed by atoms with E-state index in [-0.39, 0.29) is 12.5 Å². The maximum Gasteiger partial charge on any atom is 0.268 e. The minimum Gasteiger partial charge on any atom is -0.756 e. The molecule has 3 unspecified atom stereocenters. The maximum atomic E-state index is 13.1. The van der Waals surface area contributed by atoms with Gasteiger partial charge in [-0.3, -0.25) is 9.36 Å². The summed E-state index contributed by atoms with van der Waals surface area (Å²) in [5, 5.41) is 14.0. The highest BCUT2D eigenvalue weighted by Crippen LogP contribution is 2.38. The van der Waals surface area contributed by atoms with Gasteiger partial charge in [0, 0.05) is 6.42 Å². The molecule has 1 amide bonds. The van der Waals surface area contributed by atoms with Crippen LogP contribution in [0.15, 0.2) is 85.1 Å². The van der Waals surface area contributed by atoms with Crippen LogP contribution in [0.2, 0.25) is 0 Å². The number of quaternary nitrogens is 1.